The van der Waals surface area contributed by atoms with Crippen LogP contribution in [0.3, 0.4) is 0 Å². The summed E-state index contributed by atoms with van der Waals surface area (Å²) in [5, 5.41) is 6.12. The van der Waals surface area contributed by atoms with Gasteiger partial charge in [0.05, 0.1) is 17.1 Å². The van der Waals surface area contributed by atoms with Crippen molar-refractivity contribution in [2.45, 2.75) is 0 Å². The van der Waals surface area contributed by atoms with Crippen LogP contribution in [0.5, 0.6) is 0 Å². The number of rotatable bonds is 4. The number of fused-ring (bicyclic) bond motifs is 1. The lowest BCUT2D eigenvalue weighted by Crippen LogP contribution is -1.96. The Hall–Kier alpha value is -4.50. The fourth-order valence-corrected chi connectivity index (χ4v) is 4.29. The van der Waals surface area contributed by atoms with Crippen LogP contribution >= 0.6 is 0 Å². The Bertz CT molecular complexity index is 1520. The molecule has 33 heavy (non-hydrogen) atoms. The maximum absolute atomic E-state index is 5.25. The fourth-order valence-electron chi connectivity index (χ4n) is 4.29. The lowest BCUT2D eigenvalue weighted by molar-refractivity contribution is 0.896. The zero-order valence-electron chi connectivity index (χ0n) is 18.0. The SMILES string of the molecule is c1ccc(-c2nc(-c3ccccc3)c3nn(-c4ccccc4)cc3c2-c2ccccc2)cc1. The summed E-state index contributed by atoms with van der Waals surface area (Å²) in [6.07, 6.45) is 2.13. The second kappa shape index (κ2) is 8.21. The molecule has 0 amide bonds. The molecule has 3 heteroatoms. The minimum Gasteiger partial charge on any atom is -0.245 e. The number of pyridine rings is 1. The molecule has 0 aliphatic carbocycles. The average molecular weight is 424 g/mol. The Morgan fingerprint density at radius 2 is 0.970 bits per heavy atom. The van der Waals surface area contributed by atoms with Gasteiger partial charge in [0.25, 0.3) is 0 Å². The number of aromatic nitrogens is 3. The standard InChI is InChI=1S/C30H21N3/c1-5-13-22(14-6-1)27-26-21-33(25-19-11-4-12-20-25)32-30(26)29(24-17-9-3-10-18-24)31-28(27)23-15-7-2-8-16-23/h1-21H. The molecule has 0 radical (unpaired) electrons. The van der Waals surface area contributed by atoms with Crippen molar-refractivity contribution in [1.82, 2.24) is 14.8 Å². The molecule has 6 aromatic rings. The van der Waals surface area contributed by atoms with Gasteiger partial charge in [-0.05, 0) is 17.7 Å². The molecule has 2 heterocycles. The highest BCUT2D eigenvalue weighted by atomic mass is 15.3. The number of benzene rings is 4. The molecule has 0 atom stereocenters. The zero-order chi connectivity index (χ0) is 22.0. The third-order valence-corrected chi connectivity index (χ3v) is 5.85. The maximum Gasteiger partial charge on any atom is 0.120 e. The Morgan fingerprint density at radius 1 is 0.485 bits per heavy atom. The summed E-state index contributed by atoms with van der Waals surface area (Å²) in [6, 6.07) is 41.4. The molecule has 0 bridgehead atoms. The van der Waals surface area contributed by atoms with Gasteiger partial charge in [0.2, 0.25) is 0 Å². The van der Waals surface area contributed by atoms with Crippen molar-refractivity contribution >= 4 is 10.9 Å². The van der Waals surface area contributed by atoms with Crippen molar-refractivity contribution < 1.29 is 0 Å². The van der Waals surface area contributed by atoms with Crippen LogP contribution in [-0.2, 0) is 0 Å². The lowest BCUT2D eigenvalue weighted by atomic mass is 9.94. The Balaban J connectivity index is 1.75. The van der Waals surface area contributed by atoms with E-state index in [9.17, 15) is 0 Å². The number of hydrogen-bond donors (Lipinski definition) is 0. The van der Waals surface area contributed by atoms with Gasteiger partial charge >= 0.3 is 0 Å². The van der Waals surface area contributed by atoms with E-state index in [-0.39, 0.29) is 0 Å². The monoisotopic (exact) mass is 423 g/mol. The molecule has 0 fully saturated rings. The maximum atomic E-state index is 5.25. The fraction of sp³-hybridized carbons (Fsp3) is 0. The molecule has 2 aromatic heterocycles. The first-order valence-corrected chi connectivity index (χ1v) is 11.0. The van der Waals surface area contributed by atoms with Gasteiger partial charge in [-0.2, -0.15) is 5.10 Å². The molecule has 0 spiro atoms. The smallest absolute Gasteiger partial charge is 0.120 e. The molecule has 0 aliphatic heterocycles. The number of hydrogen-bond acceptors (Lipinski definition) is 2. The van der Waals surface area contributed by atoms with Crippen LogP contribution in [-0.4, -0.2) is 14.8 Å². The van der Waals surface area contributed by atoms with Crippen LogP contribution in [0.15, 0.2) is 128 Å². The van der Waals surface area contributed by atoms with Crippen molar-refractivity contribution in [2.75, 3.05) is 0 Å². The molecular formula is C30H21N3. The first-order valence-electron chi connectivity index (χ1n) is 11.0. The summed E-state index contributed by atoms with van der Waals surface area (Å²) >= 11 is 0. The Kier molecular flexibility index (Phi) is 4.78. The van der Waals surface area contributed by atoms with E-state index < -0.39 is 0 Å². The minimum atomic E-state index is 0.888. The molecular weight excluding hydrogens is 402 g/mol. The number of nitrogens with zero attached hydrogens (tertiary/aromatic N) is 3. The summed E-state index contributed by atoms with van der Waals surface area (Å²) < 4.78 is 1.96. The molecule has 156 valence electrons. The van der Waals surface area contributed by atoms with E-state index in [4.69, 9.17) is 10.1 Å². The van der Waals surface area contributed by atoms with Crippen molar-refractivity contribution in [1.29, 1.82) is 0 Å². The van der Waals surface area contributed by atoms with Gasteiger partial charge in [0.1, 0.15) is 5.52 Å². The Morgan fingerprint density at radius 3 is 1.55 bits per heavy atom. The topological polar surface area (TPSA) is 30.7 Å². The molecule has 0 saturated carbocycles. The summed E-state index contributed by atoms with van der Waals surface area (Å²) in [5.74, 6) is 0. The van der Waals surface area contributed by atoms with E-state index in [0.29, 0.717) is 0 Å². The highest BCUT2D eigenvalue weighted by Gasteiger charge is 2.21. The largest absolute Gasteiger partial charge is 0.245 e. The first-order chi connectivity index (χ1) is 16.4. The van der Waals surface area contributed by atoms with E-state index in [1.807, 2.05) is 53.2 Å². The van der Waals surface area contributed by atoms with Crippen molar-refractivity contribution in [3.8, 4) is 39.3 Å². The summed E-state index contributed by atoms with van der Waals surface area (Å²) in [7, 11) is 0. The van der Waals surface area contributed by atoms with Crippen LogP contribution in [0, 0.1) is 0 Å². The van der Waals surface area contributed by atoms with Crippen LogP contribution in [0.2, 0.25) is 0 Å². The molecule has 0 N–H and O–H groups in total. The van der Waals surface area contributed by atoms with Crippen LogP contribution in [0.25, 0.3) is 50.2 Å². The quantitative estimate of drug-likeness (QED) is 0.295. The predicted molar refractivity (Wildman–Crippen MR) is 135 cm³/mol. The molecule has 0 aliphatic rings. The lowest BCUT2D eigenvalue weighted by Gasteiger charge is -2.14. The minimum absolute atomic E-state index is 0.888. The van der Waals surface area contributed by atoms with Gasteiger partial charge in [-0.25, -0.2) is 9.67 Å². The van der Waals surface area contributed by atoms with Gasteiger partial charge in [-0.3, -0.25) is 0 Å². The van der Waals surface area contributed by atoms with Crippen molar-refractivity contribution in [3.63, 3.8) is 0 Å². The Labute approximate surface area is 192 Å². The molecule has 3 nitrogen and oxygen atoms in total. The van der Waals surface area contributed by atoms with Crippen molar-refractivity contribution in [2.24, 2.45) is 0 Å². The van der Waals surface area contributed by atoms with Gasteiger partial charge in [-0.1, -0.05) is 109 Å². The highest BCUT2D eigenvalue weighted by Crippen LogP contribution is 2.40. The van der Waals surface area contributed by atoms with E-state index in [2.05, 4.69) is 79.0 Å². The highest BCUT2D eigenvalue weighted by molar-refractivity contribution is 6.06. The molecule has 0 saturated heterocycles. The van der Waals surface area contributed by atoms with Crippen LogP contribution in [0.4, 0.5) is 0 Å². The first kappa shape index (κ1) is 19.2. The zero-order valence-corrected chi connectivity index (χ0v) is 18.0. The summed E-state index contributed by atoms with van der Waals surface area (Å²) in [6.45, 7) is 0. The summed E-state index contributed by atoms with van der Waals surface area (Å²) in [5.41, 5.74) is 8.12. The number of para-hydroxylation sites is 1. The van der Waals surface area contributed by atoms with Gasteiger partial charge in [0, 0.05) is 28.3 Å². The van der Waals surface area contributed by atoms with Crippen LogP contribution in [0.1, 0.15) is 0 Å². The van der Waals surface area contributed by atoms with Gasteiger partial charge in [0.15, 0.2) is 0 Å². The summed E-state index contributed by atoms with van der Waals surface area (Å²) in [4.78, 5) is 5.25. The normalized spacial score (nSPS) is 11.0. The van der Waals surface area contributed by atoms with E-state index in [0.717, 1.165) is 50.2 Å². The van der Waals surface area contributed by atoms with E-state index in [1.165, 1.54) is 0 Å². The van der Waals surface area contributed by atoms with E-state index >= 15 is 0 Å². The predicted octanol–water partition coefficient (Wildman–Crippen LogP) is 7.42. The molecule has 4 aromatic carbocycles. The molecule has 6 rings (SSSR count). The second-order valence-electron chi connectivity index (χ2n) is 7.95. The third kappa shape index (κ3) is 3.50. The average Bonchev–Trinajstić information content (AvgIpc) is 3.35. The molecule has 0 unspecified atom stereocenters. The van der Waals surface area contributed by atoms with Crippen molar-refractivity contribution in [3.05, 3.63) is 128 Å². The third-order valence-electron chi connectivity index (χ3n) is 5.85. The van der Waals surface area contributed by atoms with Gasteiger partial charge < -0.3 is 0 Å². The van der Waals surface area contributed by atoms with Gasteiger partial charge in [-0.15, -0.1) is 0 Å². The van der Waals surface area contributed by atoms with Crippen LogP contribution < -0.4 is 0 Å². The van der Waals surface area contributed by atoms with E-state index in [1.54, 1.807) is 0 Å². The second-order valence-corrected chi connectivity index (χ2v) is 7.95.